The Kier molecular flexibility index (Phi) is 7.46. The van der Waals surface area contributed by atoms with E-state index in [1.54, 1.807) is 0 Å². The van der Waals surface area contributed by atoms with Crippen LogP contribution in [0.4, 0.5) is 0 Å². The van der Waals surface area contributed by atoms with Crippen LogP contribution in [-0.2, 0) is 5.41 Å². The van der Waals surface area contributed by atoms with Gasteiger partial charge >= 0.3 is 0 Å². The molecule has 0 bridgehead atoms. The van der Waals surface area contributed by atoms with Gasteiger partial charge in [0.15, 0.2) is 0 Å². The number of fused-ring (bicyclic) bond motifs is 9. The van der Waals surface area contributed by atoms with Crippen molar-refractivity contribution < 1.29 is 4.74 Å². The lowest BCUT2D eigenvalue weighted by Crippen LogP contribution is -2.32. The average Bonchev–Trinajstić information content (AvgIpc) is 3.57. The van der Waals surface area contributed by atoms with Crippen molar-refractivity contribution in [3.05, 3.63) is 245 Å². The third kappa shape index (κ3) is 5.02. The highest BCUT2D eigenvalue weighted by atomic mass is 16.5. The summed E-state index contributed by atoms with van der Waals surface area (Å²) in [6.45, 7) is 0. The topological polar surface area (TPSA) is 33.6 Å². The molecular formula is C53H36N2O. The minimum absolute atomic E-state index is 0.0821. The fourth-order valence-corrected chi connectivity index (χ4v) is 9.11. The molecule has 0 saturated carbocycles. The first kappa shape index (κ1) is 32.2. The second-order valence-corrected chi connectivity index (χ2v) is 14.7. The Morgan fingerprint density at radius 3 is 1.62 bits per heavy atom. The second kappa shape index (κ2) is 13.0. The van der Waals surface area contributed by atoms with Crippen LogP contribution in [-0.4, -0.2) is 5.84 Å². The molecule has 1 unspecified atom stereocenters. The van der Waals surface area contributed by atoms with E-state index in [9.17, 15) is 0 Å². The third-order valence-electron chi connectivity index (χ3n) is 11.6. The maximum atomic E-state index is 6.88. The predicted octanol–water partition coefficient (Wildman–Crippen LogP) is 12.6. The van der Waals surface area contributed by atoms with E-state index < -0.39 is 5.41 Å². The Bertz CT molecular complexity index is 2810. The zero-order chi connectivity index (χ0) is 37.1. The maximum absolute atomic E-state index is 6.88. The van der Waals surface area contributed by atoms with Crippen molar-refractivity contribution in [2.45, 2.75) is 11.5 Å². The number of hydrogen-bond donors (Lipinski definition) is 1. The maximum Gasteiger partial charge on any atom is 0.134 e. The molecule has 0 radical (unpaired) electrons. The van der Waals surface area contributed by atoms with Crippen molar-refractivity contribution >= 4 is 11.5 Å². The number of nitrogens with zero attached hydrogens (tertiary/aromatic N) is 1. The molecule has 3 aliphatic rings. The van der Waals surface area contributed by atoms with Gasteiger partial charge in [0.25, 0.3) is 0 Å². The van der Waals surface area contributed by atoms with E-state index in [1.165, 1.54) is 44.5 Å². The van der Waals surface area contributed by atoms with Gasteiger partial charge in [0.1, 0.15) is 17.3 Å². The quantitative estimate of drug-likeness (QED) is 0.192. The summed E-state index contributed by atoms with van der Waals surface area (Å²) in [4.78, 5) is 5.31. The van der Waals surface area contributed by atoms with Gasteiger partial charge < -0.3 is 10.1 Å². The molecule has 1 atom stereocenters. The van der Waals surface area contributed by atoms with Crippen LogP contribution < -0.4 is 10.1 Å². The highest BCUT2D eigenvalue weighted by Gasteiger charge is 2.50. The smallest absolute Gasteiger partial charge is 0.134 e. The monoisotopic (exact) mass is 716 g/mol. The van der Waals surface area contributed by atoms with Gasteiger partial charge in [-0.15, -0.1) is 0 Å². The number of rotatable bonds is 5. The van der Waals surface area contributed by atoms with Crippen LogP contribution in [0.3, 0.4) is 0 Å². The number of hydrogen-bond acceptors (Lipinski definition) is 3. The van der Waals surface area contributed by atoms with E-state index in [1.807, 2.05) is 6.07 Å². The molecule has 11 rings (SSSR count). The van der Waals surface area contributed by atoms with E-state index in [-0.39, 0.29) is 6.04 Å². The molecule has 0 amide bonds. The first-order valence-corrected chi connectivity index (χ1v) is 19.2. The van der Waals surface area contributed by atoms with Gasteiger partial charge in [0.2, 0.25) is 0 Å². The molecule has 1 N–H and O–H groups in total. The lowest BCUT2D eigenvalue weighted by molar-refractivity contribution is 0.436. The number of benzene rings is 8. The summed E-state index contributed by atoms with van der Waals surface area (Å²) in [7, 11) is 0. The Hall–Kier alpha value is -7.23. The van der Waals surface area contributed by atoms with Gasteiger partial charge in [0, 0.05) is 22.3 Å². The standard InChI is InChI=1S/C53H36N2O/c1-3-15-35(16-4-1)36-27-29-37(30-28-36)48-34-49(55-52(54-48)38-17-5-2-6-18-38)43-22-8-7-19-40(43)39-31-32-47-51(33-39)56-50-26-14-13-25-46(50)53(47)44-23-11-9-20-41(44)42-21-10-12-24-45(42)53/h1-34,48H,(H,54,55). The van der Waals surface area contributed by atoms with Gasteiger partial charge in [-0.25, -0.2) is 4.99 Å². The van der Waals surface area contributed by atoms with E-state index >= 15 is 0 Å². The number of nitrogens with one attached hydrogen (secondary N) is 1. The molecule has 0 saturated heterocycles. The Morgan fingerprint density at radius 1 is 0.411 bits per heavy atom. The van der Waals surface area contributed by atoms with Crippen molar-refractivity contribution in [3.8, 4) is 44.9 Å². The molecule has 3 nitrogen and oxygen atoms in total. The minimum Gasteiger partial charge on any atom is -0.457 e. The lowest BCUT2D eigenvalue weighted by atomic mass is 9.66. The zero-order valence-electron chi connectivity index (χ0n) is 30.6. The van der Waals surface area contributed by atoms with E-state index in [0.717, 1.165) is 50.8 Å². The van der Waals surface area contributed by atoms with Gasteiger partial charge in [-0.1, -0.05) is 188 Å². The molecule has 56 heavy (non-hydrogen) atoms. The lowest BCUT2D eigenvalue weighted by Gasteiger charge is -2.39. The highest BCUT2D eigenvalue weighted by Crippen LogP contribution is 2.62. The molecule has 1 aliphatic carbocycles. The highest BCUT2D eigenvalue weighted by molar-refractivity contribution is 6.04. The minimum atomic E-state index is -0.495. The fraction of sp³-hybridized carbons (Fsp3) is 0.0377. The Balaban J connectivity index is 1.05. The van der Waals surface area contributed by atoms with Crippen LogP contribution in [0.25, 0.3) is 39.1 Å². The van der Waals surface area contributed by atoms with Crippen LogP contribution in [0.15, 0.2) is 211 Å². The van der Waals surface area contributed by atoms with Gasteiger partial charge in [-0.05, 0) is 68.3 Å². The summed E-state index contributed by atoms with van der Waals surface area (Å²) in [5.41, 5.74) is 15.7. The first-order chi connectivity index (χ1) is 27.8. The molecule has 2 aliphatic heterocycles. The number of amidine groups is 1. The third-order valence-corrected chi connectivity index (χ3v) is 11.6. The number of aliphatic imine (C=N–C) groups is 1. The Morgan fingerprint density at radius 2 is 0.929 bits per heavy atom. The molecular weight excluding hydrogens is 681 g/mol. The molecule has 3 heteroatoms. The van der Waals surface area contributed by atoms with E-state index in [4.69, 9.17) is 9.73 Å². The second-order valence-electron chi connectivity index (χ2n) is 14.7. The van der Waals surface area contributed by atoms with Crippen molar-refractivity contribution in [2.75, 3.05) is 0 Å². The van der Waals surface area contributed by atoms with E-state index in [2.05, 4.69) is 206 Å². The number of ether oxygens (including phenoxy) is 1. The number of para-hydroxylation sites is 1. The summed E-state index contributed by atoms with van der Waals surface area (Å²) in [6, 6.07) is 71.4. The van der Waals surface area contributed by atoms with Gasteiger partial charge in [-0.2, -0.15) is 0 Å². The van der Waals surface area contributed by atoms with Crippen molar-refractivity contribution in [3.63, 3.8) is 0 Å². The van der Waals surface area contributed by atoms with Gasteiger partial charge in [0.05, 0.1) is 17.2 Å². The van der Waals surface area contributed by atoms with Crippen molar-refractivity contribution in [1.29, 1.82) is 0 Å². The van der Waals surface area contributed by atoms with Gasteiger partial charge in [-0.3, -0.25) is 0 Å². The van der Waals surface area contributed by atoms with Crippen LogP contribution in [0.5, 0.6) is 11.5 Å². The molecule has 0 aromatic heterocycles. The molecule has 264 valence electrons. The largest absolute Gasteiger partial charge is 0.457 e. The zero-order valence-corrected chi connectivity index (χ0v) is 30.6. The average molecular weight is 717 g/mol. The fourth-order valence-electron chi connectivity index (χ4n) is 9.11. The molecule has 8 aromatic carbocycles. The predicted molar refractivity (Wildman–Crippen MR) is 228 cm³/mol. The normalized spacial score (nSPS) is 15.6. The summed E-state index contributed by atoms with van der Waals surface area (Å²) >= 11 is 0. The summed E-state index contributed by atoms with van der Waals surface area (Å²) in [6.07, 6.45) is 2.26. The Labute approximate surface area is 327 Å². The van der Waals surface area contributed by atoms with Crippen LogP contribution in [0.1, 0.15) is 45.0 Å². The van der Waals surface area contributed by atoms with Crippen LogP contribution in [0.2, 0.25) is 0 Å². The summed E-state index contributed by atoms with van der Waals surface area (Å²) in [5.74, 6) is 2.60. The van der Waals surface area contributed by atoms with Crippen LogP contribution in [0, 0.1) is 0 Å². The van der Waals surface area contributed by atoms with E-state index in [0.29, 0.717) is 0 Å². The SMILES string of the molecule is C1=C(c2ccccc2-c2ccc3c(c2)Oc2ccccc2C32c3ccccc3-c3ccccc32)N=C(c2ccccc2)NC1c1ccc(-c2ccccc2)cc1. The summed E-state index contributed by atoms with van der Waals surface area (Å²) < 4.78 is 6.88. The molecule has 2 heterocycles. The first-order valence-electron chi connectivity index (χ1n) is 19.2. The molecule has 1 spiro atoms. The van der Waals surface area contributed by atoms with Crippen LogP contribution >= 0.6 is 0 Å². The van der Waals surface area contributed by atoms with Crippen molar-refractivity contribution in [1.82, 2.24) is 5.32 Å². The van der Waals surface area contributed by atoms with Crippen molar-refractivity contribution in [2.24, 2.45) is 4.99 Å². The summed E-state index contributed by atoms with van der Waals surface area (Å²) in [5, 5.41) is 3.75. The molecule has 8 aromatic rings. The molecule has 0 fully saturated rings.